The lowest BCUT2D eigenvalue weighted by molar-refractivity contribution is -0.134. The minimum Gasteiger partial charge on any atom is -0.506 e. The summed E-state index contributed by atoms with van der Waals surface area (Å²) in [6.45, 7) is 5.41. The molecule has 11 heteroatoms. The Labute approximate surface area is 176 Å². The summed E-state index contributed by atoms with van der Waals surface area (Å²) < 4.78 is 5.54. The van der Waals surface area contributed by atoms with Crippen LogP contribution in [0.25, 0.3) is 0 Å². The predicted octanol–water partition coefficient (Wildman–Crippen LogP) is 1.79. The van der Waals surface area contributed by atoms with Crippen LogP contribution in [0.5, 0.6) is 5.75 Å². The maximum atomic E-state index is 12.6. The fourth-order valence-corrected chi connectivity index (χ4v) is 3.49. The molecular formula is C19H21N5O5S. The Hall–Kier alpha value is -3.34. The minimum atomic E-state index is -0.551. The normalized spacial score (nSPS) is 18.8. The fourth-order valence-electron chi connectivity index (χ4n) is 2.91. The van der Waals surface area contributed by atoms with Gasteiger partial charge in [0.15, 0.2) is 0 Å². The SMILES string of the molecule is C=CCN1C(=O)NC(C)C(Cc2nnc(SCC(=O)Nc3ccccc3O)o2)C1=O. The molecule has 158 valence electrons. The standard InChI is InChI=1S/C19H21N5O5S/c1-3-8-24-17(27)12(11(2)20-18(24)28)9-16-22-23-19(29-16)30-10-15(26)21-13-6-4-5-7-14(13)25/h3-7,11-12,25H,1,8-10H2,2H3,(H,20,28)(H,21,26). The van der Waals surface area contributed by atoms with Crippen molar-refractivity contribution in [3.05, 3.63) is 42.8 Å². The molecule has 2 atom stereocenters. The van der Waals surface area contributed by atoms with Crippen molar-refractivity contribution in [3.63, 3.8) is 0 Å². The first-order valence-electron chi connectivity index (χ1n) is 9.14. The number of nitrogens with zero attached hydrogens (tertiary/aromatic N) is 3. The van der Waals surface area contributed by atoms with E-state index in [0.29, 0.717) is 5.69 Å². The summed E-state index contributed by atoms with van der Waals surface area (Å²) in [5, 5.41) is 23.0. The third-order valence-corrected chi connectivity index (χ3v) is 5.26. The number of thioether (sulfide) groups is 1. The maximum Gasteiger partial charge on any atom is 0.324 e. The number of urea groups is 1. The molecule has 2 unspecified atom stereocenters. The zero-order valence-electron chi connectivity index (χ0n) is 16.2. The van der Waals surface area contributed by atoms with Crippen LogP contribution in [0.2, 0.25) is 0 Å². The molecular weight excluding hydrogens is 410 g/mol. The van der Waals surface area contributed by atoms with E-state index in [2.05, 4.69) is 27.4 Å². The van der Waals surface area contributed by atoms with Crippen LogP contribution in [0.4, 0.5) is 10.5 Å². The molecule has 2 aromatic rings. The van der Waals surface area contributed by atoms with E-state index in [4.69, 9.17) is 4.42 Å². The summed E-state index contributed by atoms with van der Waals surface area (Å²) >= 11 is 1.03. The van der Waals surface area contributed by atoms with Crippen molar-refractivity contribution in [2.24, 2.45) is 5.92 Å². The average molecular weight is 431 g/mol. The van der Waals surface area contributed by atoms with E-state index in [0.717, 1.165) is 16.7 Å². The number of phenols is 1. The van der Waals surface area contributed by atoms with Crippen molar-refractivity contribution in [1.29, 1.82) is 0 Å². The van der Waals surface area contributed by atoms with Gasteiger partial charge in [0, 0.05) is 19.0 Å². The van der Waals surface area contributed by atoms with Crippen LogP contribution < -0.4 is 10.6 Å². The fraction of sp³-hybridized carbons (Fsp3) is 0.316. The highest BCUT2D eigenvalue weighted by atomic mass is 32.2. The Morgan fingerprint density at radius 1 is 1.40 bits per heavy atom. The molecule has 10 nitrogen and oxygen atoms in total. The molecule has 30 heavy (non-hydrogen) atoms. The van der Waals surface area contributed by atoms with Crippen LogP contribution in [0.3, 0.4) is 0 Å². The van der Waals surface area contributed by atoms with Crippen molar-refractivity contribution in [2.45, 2.75) is 24.6 Å². The van der Waals surface area contributed by atoms with E-state index in [1.54, 1.807) is 25.1 Å². The van der Waals surface area contributed by atoms with E-state index in [1.165, 1.54) is 12.1 Å². The average Bonchev–Trinajstić information content (AvgIpc) is 3.16. The Bertz CT molecular complexity index is 962. The molecule has 1 aliphatic rings. The highest BCUT2D eigenvalue weighted by Crippen LogP contribution is 2.24. The number of amides is 4. The van der Waals surface area contributed by atoms with Crippen molar-refractivity contribution in [2.75, 3.05) is 17.6 Å². The number of nitrogens with one attached hydrogen (secondary N) is 2. The van der Waals surface area contributed by atoms with E-state index in [-0.39, 0.29) is 47.4 Å². The molecule has 3 rings (SSSR count). The van der Waals surface area contributed by atoms with E-state index < -0.39 is 18.0 Å². The highest BCUT2D eigenvalue weighted by molar-refractivity contribution is 7.99. The number of hydrogen-bond donors (Lipinski definition) is 3. The topological polar surface area (TPSA) is 138 Å². The summed E-state index contributed by atoms with van der Waals surface area (Å²) in [6, 6.07) is 5.55. The molecule has 1 aromatic heterocycles. The van der Waals surface area contributed by atoms with Crippen LogP contribution in [-0.2, 0) is 16.0 Å². The van der Waals surface area contributed by atoms with E-state index >= 15 is 0 Å². The molecule has 3 N–H and O–H groups in total. The summed E-state index contributed by atoms with van der Waals surface area (Å²) in [4.78, 5) is 37.7. The van der Waals surface area contributed by atoms with Gasteiger partial charge in [0.05, 0.1) is 17.4 Å². The third-order valence-electron chi connectivity index (χ3n) is 4.44. The Morgan fingerprint density at radius 2 is 2.17 bits per heavy atom. The van der Waals surface area contributed by atoms with Crippen LogP contribution in [0.15, 0.2) is 46.6 Å². The second kappa shape index (κ2) is 9.44. The highest BCUT2D eigenvalue weighted by Gasteiger charge is 2.39. The summed E-state index contributed by atoms with van der Waals surface area (Å²) in [6.07, 6.45) is 1.64. The Morgan fingerprint density at radius 3 is 2.90 bits per heavy atom. The van der Waals surface area contributed by atoms with Crippen molar-refractivity contribution >= 4 is 35.3 Å². The number of aromatic nitrogens is 2. The Kier molecular flexibility index (Phi) is 6.72. The van der Waals surface area contributed by atoms with Gasteiger partial charge in [-0.2, -0.15) is 0 Å². The lowest BCUT2D eigenvalue weighted by atomic mass is 9.93. The van der Waals surface area contributed by atoms with E-state index in [1.807, 2.05) is 0 Å². The monoisotopic (exact) mass is 431 g/mol. The summed E-state index contributed by atoms with van der Waals surface area (Å²) in [5.74, 6) is -1.03. The number of hydrogen-bond acceptors (Lipinski definition) is 8. The number of para-hydroxylation sites is 2. The molecule has 0 saturated carbocycles. The number of rotatable bonds is 8. The minimum absolute atomic E-state index is 0.00208. The number of phenolic OH excluding ortho intramolecular Hbond substituents is 1. The largest absolute Gasteiger partial charge is 0.506 e. The number of carbonyl (C=O) groups is 3. The van der Waals surface area contributed by atoms with Gasteiger partial charge < -0.3 is 20.2 Å². The number of imide groups is 1. The number of benzene rings is 1. The van der Waals surface area contributed by atoms with Gasteiger partial charge in [-0.1, -0.05) is 30.0 Å². The molecule has 0 bridgehead atoms. The number of carbonyl (C=O) groups excluding carboxylic acids is 3. The molecule has 1 aliphatic heterocycles. The van der Waals surface area contributed by atoms with Crippen molar-refractivity contribution in [3.8, 4) is 5.75 Å². The lowest BCUT2D eigenvalue weighted by Gasteiger charge is -2.34. The van der Waals surface area contributed by atoms with Gasteiger partial charge in [0.1, 0.15) is 5.75 Å². The number of aromatic hydroxyl groups is 1. The smallest absolute Gasteiger partial charge is 0.324 e. The molecule has 1 aromatic carbocycles. The van der Waals surface area contributed by atoms with Crippen molar-refractivity contribution < 1.29 is 23.9 Å². The first-order valence-corrected chi connectivity index (χ1v) is 10.1. The molecule has 0 spiro atoms. The predicted molar refractivity (Wildman–Crippen MR) is 109 cm³/mol. The molecule has 0 aliphatic carbocycles. The van der Waals surface area contributed by atoms with Crippen LogP contribution in [0.1, 0.15) is 12.8 Å². The Balaban J connectivity index is 1.56. The summed E-state index contributed by atoms with van der Waals surface area (Å²) in [5.41, 5.74) is 0.310. The molecule has 0 radical (unpaired) electrons. The van der Waals surface area contributed by atoms with Crippen LogP contribution in [-0.4, -0.2) is 56.4 Å². The second-order valence-electron chi connectivity index (χ2n) is 6.60. The van der Waals surface area contributed by atoms with Crippen LogP contribution >= 0.6 is 11.8 Å². The van der Waals surface area contributed by atoms with Crippen LogP contribution in [0, 0.1) is 5.92 Å². The molecule has 1 fully saturated rings. The van der Waals surface area contributed by atoms with Crippen molar-refractivity contribution in [1.82, 2.24) is 20.4 Å². The third kappa shape index (κ3) is 4.98. The zero-order chi connectivity index (χ0) is 21.7. The van der Waals surface area contributed by atoms with E-state index in [9.17, 15) is 19.5 Å². The quantitative estimate of drug-likeness (QED) is 0.327. The van der Waals surface area contributed by atoms with Gasteiger partial charge in [-0.05, 0) is 19.1 Å². The molecule has 1 saturated heterocycles. The molecule has 2 heterocycles. The van der Waals surface area contributed by atoms with Gasteiger partial charge in [-0.3, -0.25) is 14.5 Å². The summed E-state index contributed by atoms with van der Waals surface area (Å²) in [7, 11) is 0. The van der Waals surface area contributed by atoms with Gasteiger partial charge >= 0.3 is 6.03 Å². The first-order chi connectivity index (χ1) is 14.4. The number of anilines is 1. The zero-order valence-corrected chi connectivity index (χ0v) is 17.0. The van der Waals surface area contributed by atoms with Gasteiger partial charge in [0.2, 0.25) is 17.7 Å². The lowest BCUT2D eigenvalue weighted by Crippen LogP contribution is -2.59. The molecule has 4 amide bonds. The second-order valence-corrected chi connectivity index (χ2v) is 7.53. The maximum absolute atomic E-state index is 12.6. The first kappa shape index (κ1) is 21.4. The van der Waals surface area contributed by atoms with Gasteiger partial charge in [-0.25, -0.2) is 4.79 Å². The van der Waals surface area contributed by atoms with Gasteiger partial charge in [0.25, 0.3) is 5.22 Å². The van der Waals surface area contributed by atoms with Gasteiger partial charge in [-0.15, -0.1) is 16.8 Å².